The Balaban J connectivity index is 2.47. The molecule has 0 aromatic carbocycles. The Morgan fingerprint density at radius 2 is 2.19 bits per heavy atom. The zero-order valence-electron chi connectivity index (χ0n) is 14.1. The van der Waals surface area contributed by atoms with Crippen LogP contribution in [0.5, 0.6) is 0 Å². The monoisotopic (exact) mass is 290 g/mol. The van der Waals surface area contributed by atoms with Crippen molar-refractivity contribution in [1.82, 2.24) is 15.2 Å². The summed E-state index contributed by atoms with van der Waals surface area (Å²) in [5, 5.41) is 3.54. The van der Waals surface area contributed by atoms with E-state index in [0.717, 1.165) is 17.0 Å². The number of aryl methyl sites for hydroxylation is 1. The van der Waals surface area contributed by atoms with E-state index in [1.165, 1.54) is 25.7 Å². The highest BCUT2D eigenvalue weighted by atomic mass is 15.2. The molecule has 1 aromatic rings. The maximum absolute atomic E-state index is 6.20. The molecule has 3 N–H and O–H groups in total. The van der Waals surface area contributed by atoms with E-state index in [9.17, 15) is 0 Å². The number of hydrogen-bond acceptors (Lipinski definition) is 4. The van der Waals surface area contributed by atoms with Crippen LogP contribution in [0.25, 0.3) is 0 Å². The number of likely N-dealkylation sites (N-methyl/N-ethyl adjacent to an activating group) is 2. The molecule has 118 valence electrons. The van der Waals surface area contributed by atoms with E-state index in [-0.39, 0.29) is 11.6 Å². The molecule has 1 aromatic heterocycles. The van der Waals surface area contributed by atoms with Gasteiger partial charge in [0, 0.05) is 17.3 Å². The van der Waals surface area contributed by atoms with Crippen LogP contribution in [0.1, 0.15) is 49.8 Å². The summed E-state index contributed by atoms with van der Waals surface area (Å²) in [5.74, 6) is 1.40. The molecule has 4 nitrogen and oxygen atoms in total. The summed E-state index contributed by atoms with van der Waals surface area (Å²) >= 11 is 0. The molecule has 0 bridgehead atoms. The average Bonchev–Trinajstić information content (AvgIpc) is 2.43. The van der Waals surface area contributed by atoms with E-state index in [2.05, 4.69) is 49.2 Å². The topological polar surface area (TPSA) is 54.2 Å². The van der Waals surface area contributed by atoms with E-state index < -0.39 is 0 Å². The van der Waals surface area contributed by atoms with Gasteiger partial charge in [-0.15, -0.1) is 0 Å². The quantitative estimate of drug-likeness (QED) is 0.895. The smallest absolute Gasteiger partial charge is 0.128 e. The van der Waals surface area contributed by atoms with Crippen molar-refractivity contribution >= 4 is 5.82 Å². The molecule has 0 saturated heterocycles. The summed E-state index contributed by atoms with van der Waals surface area (Å²) in [5.41, 5.74) is 8.61. The zero-order chi connectivity index (χ0) is 15.6. The van der Waals surface area contributed by atoms with Crippen molar-refractivity contribution < 1.29 is 0 Å². The molecule has 3 atom stereocenters. The van der Waals surface area contributed by atoms with Crippen LogP contribution in [0.15, 0.2) is 12.3 Å². The van der Waals surface area contributed by atoms with Gasteiger partial charge in [-0.2, -0.15) is 0 Å². The lowest BCUT2D eigenvalue weighted by molar-refractivity contribution is 0.0394. The maximum atomic E-state index is 6.20. The van der Waals surface area contributed by atoms with E-state index in [1.807, 2.05) is 13.2 Å². The summed E-state index contributed by atoms with van der Waals surface area (Å²) in [7, 11) is 6.43. The number of hydrogen-bond donors (Lipinski definition) is 2. The van der Waals surface area contributed by atoms with E-state index in [1.54, 1.807) is 0 Å². The Bertz CT molecular complexity index is 486. The third-order valence-electron chi connectivity index (χ3n) is 5.12. The van der Waals surface area contributed by atoms with Crippen molar-refractivity contribution in [3.63, 3.8) is 0 Å². The minimum atomic E-state index is 0.107. The van der Waals surface area contributed by atoms with Crippen molar-refractivity contribution in [1.29, 1.82) is 0 Å². The van der Waals surface area contributed by atoms with Crippen LogP contribution < -0.4 is 11.1 Å². The largest absolute Gasteiger partial charge is 0.383 e. The Morgan fingerprint density at radius 1 is 1.48 bits per heavy atom. The summed E-state index contributed by atoms with van der Waals surface area (Å²) in [6, 6.07) is 2.40. The molecule has 4 heteroatoms. The molecular weight excluding hydrogens is 260 g/mol. The molecule has 1 aliphatic carbocycles. The predicted octanol–water partition coefficient (Wildman–Crippen LogP) is 2.74. The summed E-state index contributed by atoms with van der Waals surface area (Å²) in [6.07, 6.45) is 6.84. The van der Waals surface area contributed by atoms with Gasteiger partial charge in [-0.25, -0.2) is 4.98 Å². The lowest BCUT2D eigenvalue weighted by Crippen LogP contribution is -2.55. The molecule has 21 heavy (non-hydrogen) atoms. The lowest BCUT2D eigenvalue weighted by atomic mass is 9.69. The van der Waals surface area contributed by atoms with E-state index >= 15 is 0 Å². The second-order valence-electron chi connectivity index (χ2n) is 6.91. The highest BCUT2D eigenvalue weighted by molar-refractivity contribution is 5.44. The van der Waals surface area contributed by atoms with E-state index in [0.29, 0.717) is 5.82 Å². The first-order valence-electron chi connectivity index (χ1n) is 7.97. The number of nitrogen functional groups attached to an aromatic ring is 1. The molecular formula is C17H30N4. The number of nitrogens with one attached hydrogen (secondary N) is 1. The van der Waals surface area contributed by atoms with Gasteiger partial charge in [0.2, 0.25) is 0 Å². The van der Waals surface area contributed by atoms with Crippen molar-refractivity contribution in [3.05, 3.63) is 23.4 Å². The average molecular weight is 290 g/mol. The number of pyridine rings is 1. The minimum absolute atomic E-state index is 0.107. The minimum Gasteiger partial charge on any atom is -0.383 e. The Kier molecular flexibility index (Phi) is 4.89. The van der Waals surface area contributed by atoms with Gasteiger partial charge in [0.25, 0.3) is 0 Å². The van der Waals surface area contributed by atoms with Crippen LogP contribution in [0, 0.1) is 12.8 Å². The zero-order valence-corrected chi connectivity index (χ0v) is 14.1. The number of nitrogens with zero attached hydrogens (tertiary/aromatic N) is 2. The van der Waals surface area contributed by atoms with E-state index in [4.69, 9.17) is 5.73 Å². The molecule has 1 heterocycles. The fraction of sp³-hybridized carbons (Fsp3) is 0.706. The fourth-order valence-corrected chi connectivity index (χ4v) is 4.04. The SMILES string of the molecule is CNC(c1cc(C)cnc1N)C1(N(C)C)CCCC(C)C1. The van der Waals surface area contributed by atoms with Crippen LogP contribution in [0.2, 0.25) is 0 Å². The molecule has 0 spiro atoms. The van der Waals surface area contributed by atoms with Crippen molar-refractivity contribution in [2.24, 2.45) is 5.92 Å². The first-order chi connectivity index (χ1) is 9.90. The molecule has 0 aliphatic heterocycles. The van der Waals surface area contributed by atoms with Gasteiger partial charge in [0.1, 0.15) is 5.82 Å². The molecule has 0 radical (unpaired) electrons. The molecule has 2 rings (SSSR count). The third kappa shape index (κ3) is 3.06. The van der Waals surface area contributed by atoms with Crippen molar-refractivity contribution in [2.45, 2.75) is 51.1 Å². The van der Waals surface area contributed by atoms with Crippen molar-refractivity contribution in [3.8, 4) is 0 Å². The second-order valence-corrected chi connectivity index (χ2v) is 6.91. The van der Waals surface area contributed by atoms with Crippen molar-refractivity contribution in [2.75, 3.05) is 26.9 Å². The van der Waals surface area contributed by atoms with Crippen LogP contribution in [0.3, 0.4) is 0 Å². The highest BCUT2D eigenvalue weighted by Crippen LogP contribution is 2.44. The fourth-order valence-electron chi connectivity index (χ4n) is 4.04. The van der Waals surface area contributed by atoms with Crippen LogP contribution in [0.4, 0.5) is 5.82 Å². The van der Waals surface area contributed by atoms with Gasteiger partial charge in [0.05, 0.1) is 6.04 Å². The second kappa shape index (κ2) is 6.32. The normalized spacial score (nSPS) is 27.8. The highest BCUT2D eigenvalue weighted by Gasteiger charge is 2.44. The molecule has 0 amide bonds. The number of aromatic nitrogens is 1. The van der Waals surface area contributed by atoms with Gasteiger partial charge >= 0.3 is 0 Å². The first-order valence-corrected chi connectivity index (χ1v) is 7.97. The molecule has 1 aliphatic rings. The molecule has 3 unspecified atom stereocenters. The van der Waals surface area contributed by atoms with Gasteiger partial charge in [0.15, 0.2) is 0 Å². The van der Waals surface area contributed by atoms with Crippen LogP contribution in [-0.2, 0) is 0 Å². The first kappa shape index (κ1) is 16.2. The summed E-state index contributed by atoms with van der Waals surface area (Å²) < 4.78 is 0. The van der Waals surface area contributed by atoms with Gasteiger partial charge in [-0.05, 0) is 58.5 Å². The summed E-state index contributed by atoms with van der Waals surface area (Å²) in [6.45, 7) is 4.44. The lowest BCUT2D eigenvalue weighted by Gasteiger charge is -2.50. The molecule has 1 fully saturated rings. The van der Waals surface area contributed by atoms with Gasteiger partial charge in [-0.1, -0.05) is 19.8 Å². The number of nitrogens with two attached hydrogens (primary N) is 1. The van der Waals surface area contributed by atoms with Crippen LogP contribution >= 0.6 is 0 Å². The third-order valence-corrected chi connectivity index (χ3v) is 5.12. The predicted molar refractivity (Wildman–Crippen MR) is 89.2 cm³/mol. The number of rotatable bonds is 4. The number of anilines is 1. The Morgan fingerprint density at radius 3 is 2.76 bits per heavy atom. The summed E-state index contributed by atoms with van der Waals surface area (Å²) in [4.78, 5) is 6.77. The Labute approximate surface area is 129 Å². The molecule has 1 saturated carbocycles. The van der Waals surface area contributed by atoms with Gasteiger partial charge < -0.3 is 16.0 Å². The van der Waals surface area contributed by atoms with Gasteiger partial charge in [-0.3, -0.25) is 0 Å². The standard InChI is InChI=1S/C17H30N4/c1-12-7-6-8-17(10-12,21(4)5)15(19-3)14-9-13(2)11-20-16(14)18/h9,11-12,15,19H,6-8,10H2,1-5H3,(H2,18,20). The van der Waals surface area contributed by atoms with Crippen LogP contribution in [-0.4, -0.2) is 36.6 Å². The Hall–Kier alpha value is -1.13. The maximum Gasteiger partial charge on any atom is 0.128 e.